The zero-order valence-corrected chi connectivity index (χ0v) is 34.4. The van der Waals surface area contributed by atoms with Crippen LogP contribution in [0.3, 0.4) is 0 Å². The second-order valence-corrected chi connectivity index (χ2v) is 18.3. The summed E-state index contributed by atoms with van der Waals surface area (Å²) in [6.45, 7) is 0.414. The Hall–Kier alpha value is -3.42. The van der Waals surface area contributed by atoms with Gasteiger partial charge in [0, 0.05) is 43.4 Å². The summed E-state index contributed by atoms with van der Waals surface area (Å²) in [5, 5.41) is 29.2. The average Bonchev–Trinajstić information content (AvgIpc) is 3.71. The van der Waals surface area contributed by atoms with Gasteiger partial charge < -0.3 is 56.2 Å². The summed E-state index contributed by atoms with van der Waals surface area (Å²) < 4.78 is 62.2. The van der Waals surface area contributed by atoms with Crippen molar-refractivity contribution in [3.05, 3.63) is 42.5 Å². The molecule has 2 aromatic heterocycles. The minimum absolute atomic E-state index is 0.0281. The molecule has 3 unspecified atom stereocenters. The molecule has 3 heterocycles. The smallest absolute Gasteiger partial charge is 0.388 e. The Labute approximate surface area is 333 Å². The molecule has 1 aliphatic rings. The second kappa shape index (κ2) is 19.8. The van der Waals surface area contributed by atoms with E-state index in [1.165, 1.54) is 13.8 Å². The number of hydrogen-bond acceptors (Lipinski definition) is 19. The molecule has 0 bridgehead atoms. The van der Waals surface area contributed by atoms with E-state index in [0.717, 1.165) is 29.0 Å². The second-order valence-electron chi connectivity index (χ2n) is 13.0. The molecule has 0 spiro atoms. The molecule has 1 saturated heterocycles. The van der Waals surface area contributed by atoms with Gasteiger partial charge in [0.2, 0.25) is 16.9 Å². The lowest BCUT2D eigenvalue weighted by Gasteiger charge is -2.30. The van der Waals surface area contributed by atoms with Crippen LogP contribution in [-0.2, 0) is 45.9 Å². The van der Waals surface area contributed by atoms with E-state index in [4.69, 9.17) is 19.5 Å². The van der Waals surface area contributed by atoms with Gasteiger partial charge in [-0.25, -0.2) is 28.6 Å². The van der Waals surface area contributed by atoms with Crippen LogP contribution in [0.15, 0.2) is 36.9 Å². The number of aromatic nitrogens is 4. The van der Waals surface area contributed by atoms with Gasteiger partial charge in [-0.15, -0.1) is 0 Å². The Balaban J connectivity index is 1.23. The van der Waals surface area contributed by atoms with Gasteiger partial charge in [-0.05, 0) is 12.1 Å². The topological polar surface area (TPSA) is 376 Å². The monoisotopic (exact) mass is 900 g/mol. The highest BCUT2D eigenvalue weighted by atomic mass is 32.2. The number of carbonyl (C=O) groups excluding carboxylic acids is 3. The zero-order valence-electron chi connectivity index (χ0n) is 30.9. The van der Waals surface area contributed by atoms with Crippen LogP contribution in [0.4, 0.5) is 11.5 Å². The van der Waals surface area contributed by atoms with E-state index in [1.807, 2.05) is 0 Å². The Bertz CT molecular complexity index is 2090. The maximum absolute atomic E-state index is 12.7. The number of nitrogens with zero attached hydrogens (tertiary/aromatic N) is 4. The van der Waals surface area contributed by atoms with Crippen molar-refractivity contribution in [1.82, 2.24) is 30.2 Å². The van der Waals surface area contributed by atoms with Crippen LogP contribution >= 0.6 is 35.2 Å². The first-order valence-corrected chi connectivity index (χ1v) is 22.4. The van der Waals surface area contributed by atoms with Crippen LogP contribution < -0.4 is 21.7 Å². The maximum atomic E-state index is 12.7. The molecule has 4 rings (SSSR count). The van der Waals surface area contributed by atoms with Crippen LogP contribution in [0.25, 0.3) is 11.2 Å². The lowest BCUT2D eigenvalue weighted by atomic mass is 9.87. The normalized spacial score (nSPS) is 21.2. The number of thioether (sulfide) groups is 1. The van der Waals surface area contributed by atoms with Crippen LogP contribution in [0.2, 0.25) is 0 Å². The number of ether oxygens (including phenoxy) is 1. The molecule has 7 atom stereocenters. The van der Waals surface area contributed by atoms with Gasteiger partial charge >= 0.3 is 23.5 Å². The maximum Gasteiger partial charge on any atom is 0.481 e. The van der Waals surface area contributed by atoms with E-state index in [9.17, 15) is 57.9 Å². The third-order valence-corrected chi connectivity index (χ3v) is 12.1. The van der Waals surface area contributed by atoms with Crippen molar-refractivity contribution < 1.29 is 80.5 Å². The van der Waals surface area contributed by atoms with Gasteiger partial charge in [0.25, 0.3) is 0 Å². The number of imidazole rings is 1. The molecule has 0 radical (unpaired) electrons. The number of rotatable bonds is 21. The molecular formula is C29H43N8O17P3S. The molecule has 29 heteroatoms. The van der Waals surface area contributed by atoms with Crippen molar-refractivity contribution in [3.63, 3.8) is 0 Å². The van der Waals surface area contributed by atoms with Crippen molar-refractivity contribution in [2.75, 3.05) is 50.2 Å². The van der Waals surface area contributed by atoms with Crippen LogP contribution in [0.1, 0.15) is 36.9 Å². The van der Waals surface area contributed by atoms with E-state index in [1.54, 1.807) is 31.3 Å². The van der Waals surface area contributed by atoms with E-state index in [0.29, 0.717) is 11.3 Å². The number of amides is 2. The number of nitrogen functional groups attached to an aromatic ring is 1. The highest BCUT2D eigenvalue weighted by Crippen LogP contribution is 2.61. The van der Waals surface area contributed by atoms with Gasteiger partial charge in [0.1, 0.15) is 36.3 Å². The van der Waals surface area contributed by atoms with Gasteiger partial charge in [0.15, 0.2) is 17.7 Å². The molecule has 1 aromatic carbocycles. The van der Waals surface area contributed by atoms with Gasteiger partial charge in [-0.1, -0.05) is 37.7 Å². The van der Waals surface area contributed by atoms with Crippen molar-refractivity contribution in [2.45, 2.75) is 50.9 Å². The van der Waals surface area contributed by atoms with Crippen molar-refractivity contribution >= 4 is 74.8 Å². The highest BCUT2D eigenvalue weighted by Gasteiger charge is 2.50. The lowest BCUT2D eigenvalue weighted by molar-refractivity contribution is -0.137. The number of fused-ring (bicyclic) bond motifs is 1. The minimum Gasteiger partial charge on any atom is -0.388 e. The molecule has 25 nitrogen and oxygen atoms in total. The number of nitrogens with two attached hydrogens (primary N) is 1. The number of benzene rings is 1. The first kappa shape index (κ1) is 47.3. The molecule has 0 aliphatic carbocycles. The number of nitrogens with one attached hydrogen (secondary N) is 3. The standard InChI is InChI=1S/C29H43N8O17P3S/c1-29(2,23(40)26(41)33-9-8-19(38)32-10-11-58-28(42)16-6-4-5-7-17(16)31-3)13-51-57(48,49)54-56(46,47)50-12-18-22(53-55(43,44)45)21(39)27(52-18)37-15-36-20-24(30)34-14-35-25(20)37/h4-7,14-15,18,21-23,27,31,39-40H,8-13H2,1-3H3,(H,32,38)(H,33,41)(H,46,47)(H,48,49)(H2,30,34,35)(H2,43,44,45)/t18?,21-,22-,23-,27+/m0/s1. The summed E-state index contributed by atoms with van der Waals surface area (Å²) in [5.74, 6) is -1.20. The predicted octanol–water partition coefficient (Wildman–Crippen LogP) is 0.0202. The molecule has 11 N–H and O–H groups in total. The summed E-state index contributed by atoms with van der Waals surface area (Å²) in [6, 6.07) is 6.95. The molecule has 0 saturated carbocycles. The molecule has 1 aliphatic heterocycles. The van der Waals surface area contributed by atoms with Crippen LogP contribution in [-0.4, -0.2) is 130 Å². The van der Waals surface area contributed by atoms with Crippen molar-refractivity contribution in [3.8, 4) is 0 Å². The third kappa shape index (κ3) is 13.0. The van der Waals surface area contributed by atoms with E-state index in [-0.39, 0.29) is 47.4 Å². The Kier molecular flexibility index (Phi) is 16.1. The third-order valence-electron chi connectivity index (χ3n) is 8.15. The summed E-state index contributed by atoms with van der Waals surface area (Å²) in [7, 11) is -14.7. The summed E-state index contributed by atoms with van der Waals surface area (Å²) >= 11 is 1.01. The number of anilines is 2. The fourth-order valence-corrected chi connectivity index (χ4v) is 8.78. The number of aliphatic hydroxyl groups excluding tert-OH is 2. The molecule has 1 fully saturated rings. The first-order chi connectivity index (χ1) is 27.0. The summed E-state index contributed by atoms with van der Waals surface area (Å²) in [4.78, 5) is 88.3. The summed E-state index contributed by atoms with van der Waals surface area (Å²) in [5.41, 5.74) is 5.41. The van der Waals surface area contributed by atoms with Crippen LogP contribution in [0, 0.1) is 5.41 Å². The molecule has 3 aromatic rings. The largest absolute Gasteiger partial charge is 0.481 e. The van der Waals surface area contributed by atoms with Crippen LogP contribution in [0.5, 0.6) is 0 Å². The minimum atomic E-state index is -5.58. The number of carbonyl (C=O) groups is 3. The Morgan fingerprint density at radius 3 is 2.41 bits per heavy atom. The number of para-hydroxylation sites is 1. The van der Waals surface area contributed by atoms with E-state index in [2.05, 4.69) is 39.7 Å². The van der Waals surface area contributed by atoms with E-state index < -0.39 is 84.6 Å². The fourth-order valence-electron chi connectivity index (χ4n) is 5.23. The molecule has 2 amide bonds. The quantitative estimate of drug-likeness (QED) is 0.0497. The number of hydrogen-bond donors (Lipinski definition) is 10. The first-order valence-electron chi connectivity index (χ1n) is 16.9. The number of phosphoric acid groups is 3. The van der Waals surface area contributed by atoms with Crippen molar-refractivity contribution in [2.24, 2.45) is 5.41 Å². The van der Waals surface area contributed by atoms with Gasteiger partial charge in [0.05, 0.1) is 25.1 Å². The SMILES string of the molecule is CNc1ccccc1C(=O)SCCNC(=O)CCNC(=O)[C@H](O)C(C)(C)COP(=O)(O)OP(=O)(O)OCC1O[C@@H](n2cnc3c(N)ncnc32)[C@@H](O)[C@H]1OP(=O)(O)O. The number of phosphoric ester groups is 3. The Morgan fingerprint density at radius 2 is 1.72 bits per heavy atom. The van der Waals surface area contributed by atoms with Crippen molar-refractivity contribution in [1.29, 1.82) is 0 Å². The van der Waals surface area contributed by atoms with Gasteiger partial charge in [-0.2, -0.15) is 4.31 Å². The van der Waals surface area contributed by atoms with E-state index >= 15 is 0 Å². The summed E-state index contributed by atoms with van der Waals surface area (Å²) in [6.07, 6.45) is -6.96. The van der Waals surface area contributed by atoms with Gasteiger partial charge in [-0.3, -0.25) is 32.5 Å². The lowest BCUT2D eigenvalue weighted by Crippen LogP contribution is -2.46. The molecular weight excluding hydrogens is 857 g/mol. The number of aliphatic hydroxyl groups is 2. The average molecular weight is 901 g/mol. The molecule has 58 heavy (non-hydrogen) atoms. The predicted molar refractivity (Wildman–Crippen MR) is 202 cm³/mol. The molecule has 322 valence electrons. The highest BCUT2D eigenvalue weighted by molar-refractivity contribution is 8.14. The zero-order chi connectivity index (χ0) is 43.1. The Morgan fingerprint density at radius 1 is 1.03 bits per heavy atom. The fraction of sp³-hybridized carbons (Fsp3) is 0.517.